The molecule has 0 saturated heterocycles. The highest BCUT2D eigenvalue weighted by Crippen LogP contribution is 2.12. The Kier molecular flexibility index (Phi) is 11.0. The van der Waals surface area contributed by atoms with E-state index >= 15 is 0 Å². The molecule has 0 aromatic carbocycles. The zero-order valence-corrected chi connectivity index (χ0v) is 14.0. The predicted molar refractivity (Wildman–Crippen MR) is 89.6 cm³/mol. The minimum atomic E-state index is -0.606. The number of aliphatic hydroxyl groups is 2. The Balaban J connectivity index is 0.00000112. The topological polar surface area (TPSA) is 84.3 Å². The minimum absolute atomic E-state index is 0.513. The third kappa shape index (κ3) is 6.96. The molecular weight excluding hydrogens is 294 g/mol. The van der Waals surface area contributed by atoms with E-state index in [-0.39, 0.29) is 0 Å². The molecule has 2 rings (SSSR count). The summed E-state index contributed by atoms with van der Waals surface area (Å²) in [6.45, 7) is 10.3. The van der Waals surface area contributed by atoms with Crippen molar-refractivity contribution < 1.29 is 14.7 Å². The maximum atomic E-state index is 9.57. The second-order valence-corrected chi connectivity index (χ2v) is 4.32. The van der Waals surface area contributed by atoms with Crippen LogP contribution in [0.2, 0.25) is 0 Å². The van der Waals surface area contributed by atoms with E-state index in [1.807, 2.05) is 10.6 Å². The van der Waals surface area contributed by atoms with E-state index in [1.54, 1.807) is 19.3 Å². The van der Waals surface area contributed by atoms with Gasteiger partial charge in [0.1, 0.15) is 17.6 Å². The van der Waals surface area contributed by atoms with E-state index in [0.29, 0.717) is 18.1 Å². The summed E-state index contributed by atoms with van der Waals surface area (Å²) in [5.74, 6) is 7.12. The third-order valence-corrected chi connectivity index (χ3v) is 2.60. The highest BCUT2D eigenvalue weighted by molar-refractivity contribution is 5.25. The van der Waals surface area contributed by atoms with Crippen molar-refractivity contribution in [3.8, 4) is 11.8 Å². The van der Waals surface area contributed by atoms with Gasteiger partial charge in [-0.05, 0) is 19.3 Å². The van der Waals surface area contributed by atoms with Crippen LogP contribution in [0.5, 0.6) is 0 Å². The van der Waals surface area contributed by atoms with Gasteiger partial charge in [-0.15, -0.1) is 13.2 Å². The first-order valence-electron chi connectivity index (χ1n) is 7.29. The fourth-order valence-corrected chi connectivity index (χ4v) is 1.72. The number of aliphatic hydroxyl groups excluding tert-OH is 2. The first-order chi connectivity index (χ1) is 11.2. The Morgan fingerprint density at radius 1 is 1.39 bits per heavy atom. The molecule has 6 heteroatoms. The molecule has 0 radical (unpaired) electrons. The van der Waals surface area contributed by atoms with E-state index in [1.165, 1.54) is 0 Å². The number of hydrogen-bond acceptors (Lipinski definition) is 5. The quantitative estimate of drug-likeness (QED) is 0.668. The first kappa shape index (κ1) is 20.6. The lowest BCUT2D eigenvalue weighted by molar-refractivity contribution is 0.184. The number of rotatable bonds is 4. The summed E-state index contributed by atoms with van der Waals surface area (Å²) in [7, 11) is 1.00. The van der Waals surface area contributed by atoms with E-state index in [0.717, 1.165) is 25.6 Å². The fraction of sp³-hybridized carbons (Fsp3) is 0.412. The summed E-state index contributed by atoms with van der Waals surface area (Å²) in [4.78, 5) is 4.11. The molecule has 1 atom stereocenters. The number of unbranched alkanes of at least 4 members (excludes halogenated alkanes) is 1. The summed E-state index contributed by atoms with van der Waals surface area (Å²) in [6.07, 6.45) is 4.74. The van der Waals surface area contributed by atoms with E-state index in [9.17, 15) is 5.11 Å². The van der Waals surface area contributed by atoms with Crippen LogP contribution in [-0.4, -0.2) is 32.0 Å². The van der Waals surface area contributed by atoms with E-state index in [2.05, 4.69) is 42.1 Å². The van der Waals surface area contributed by atoms with Crippen molar-refractivity contribution >= 4 is 0 Å². The van der Waals surface area contributed by atoms with Gasteiger partial charge in [-0.1, -0.05) is 18.0 Å². The van der Waals surface area contributed by atoms with Crippen molar-refractivity contribution in [2.24, 2.45) is 0 Å². The largest absolute Gasteiger partial charge is 0.400 e. The average molecular weight is 319 g/mol. The highest BCUT2D eigenvalue weighted by Gasteiger charge is 2.10. The molecule has 2 heterocycles. The van der Waals surface area contributed by atoms with Crippen LogP contribution in [-0.2, 0) is 6.54 Å². The third-order valence-electron chi connectivity index (χ3n) is 2.60. The standard InChI is InChI=1S/C14H17N3O2.C2H4.CH4O/c1-3-4-5-6-13-9-12(16-19-13)10-17-8-7-15-14(17)11(2)18;2*1-2/h7-9,11,18H,3-4,10H2,1-2H3;1-2H2;2H,1H3. The summed E-state index contributed by atoms with van der Waals surface area (Å²) in [5, 5.41) is 20.5. The summed E-state index contributed by atoms with van der Waals surface area (Å²) < 4.78 is 6.98. The zero-order chi connectivity index (χ0) is 17.7. The molecule has 0 bridgehead atoms. The molecule has 23 heavy (non-hydrogen) atoms. The molecule has 2 N–H and O–H groups in total. The van der Waals surface area contributed by atoms with Crippen LogP contribution < -0.4 is 0 Å². The average Bonchev–Trinajstić information content (AvgIpc) is 3.22. The SMILES string of the molecule is C=C.CCCC#Cc1cc(Cn2ccnc2C(C)O)no1.CO. The molecule has 2 aromatic heterocycles. The Morgan fingerprint density at radius 2 is 2.09 bits per heavy atom. The number of hydrogen-bond donors (Lipinski definition) is 2. The molecule has 1 unspecified atom stereocenters. The van der Waals surface area contributed by atoms with Crippen LogP contribution in [0.15, 0.2) is 36.1 Å². The molecule has 0 aliphatic carbocycles. The molecule has 0 spiro atoms. The highest BCUT2D eigenvalue weighted by atomic mass is 16.5. The van der Waals surface area contributed by atoms with Gasteiger partial charge in [0.05, 0.1) is 6.54 Å². The van der Waals surface area contributed by atoms with Gasteiger partial charge in [-0.3, -0.25) is 0 Å². The lowest BCUT2D eigenvalue weighted by Crippen LogP contribution is -2.07. The number of nitrogens with zero attached hydrogens (tertiary/aromatic N) is 3. The first-order valence-corrected chi connectivity index (χ1v) is 7.29. The van der Waals surface area contributed by atoms with Gasteiger partial charge in [0.25, 0.3) is 0 Å². The lowest BCUT2D eigenvalue weighted by atomic mass is 10.3. The molecule has 0 amide bonds. The van der Waals surface area contributed by atoms with Crippen molar-refractivity contribution in [1.82, 2.24) is 14.7 Å². The molecule has 0 saturated carbocycles. The Morgan fingerprint density at radius 3 is 2.70 bits per heavy atom. The summed E-state index contributed by atoms with van der Waals surface area (Å²) in [6, 6.07) is 1.81. The fourth-order valence-electron chi connectivity index (χ4n) is 1.72. The second kappa shape index (κ2) is 12.2. The Labute approximate surface area is 137 Å². The van der Waals surface area contributed by atoms with Gasteiger partial charge in [-0.25, -0.2) is 4.98 Å². The van der Waals surface area contributed by atoms with Gasteiger partial charge >= 0.3 is 0 Å². The zero-order valence-electron chi connectivity index (χ0n) is 14.0. The maximum Gasteiger partial charge on any atom is 0.209 e. The molecule has 126 valence electrons. The van der Waals surface area contributed by atoms with Crippen LogP contribution in [0.1, 0.15) is 50.1 Å². The van der Waals surface area contributed by atoms with Crippen LogP contribution in [0, 0.1) is 11.8 Å². The number of aromatic nitrogens is 3. The Hall–Kier alpha value is -2.36. The summed E-state index contributed by atoms with van der Waals surface area (Å²) >= 11 is 0. The van der Waals surface area contributed by atoms with Crippen molar-refractivity contribution in [2.75, 3.05) is 7.11 Å². The van der Waals surface area contributed by atoms with Gasteiger partial charge < -0.3 is 19.3 Å². The second-order valence-electron chi connectivity index (χ2n) is 4.32. The van der Waals surface area contributed by atoms with Crippen molar-refractivity contribution in [3.05, 3.63) is 48.9 Å². The van der Waals surface area contributed by atoms with Crippen LogP contribution in [0.25, 0.3) is 0 Å². The molecule has 2 aromatic rings. The predicted octanol–water partition coefficient (Wildman–Crippen LogP) is 2.54. The van der Waals surface area contributed by atoms with Gasteiger partial charge in [0.2, 0.25) is 5.76 Å². The van der Waals surface area contributed by atoms with Gasteiger partial charge in [0, 0.05) is 32.0 Å². The minimum Gasteiger partial charge on any atom is -0.400 e. The van der Waals surface area contributed by atoms with E-state index < -0.39 is 6.10 Å². The smallest absolute Gasteiger partial charge is 0.209 e. The monoisotopic (exact) mass is 319 g/mol. The van der Waals surface area contributed by atoms with Crippen molar-refractivity contribution in [1.29, 1.82) is 0 Å². The van der Waals surface area contributed by atoms with Crippen LogP contribution in [0.3, 0.4) is 0 Å². The van der Waals surface area contributed by atoms with Crippen molar-refractivity contribution in [3.63, 3.8) is 0 Å². The van der Waals surface area contributed by atoms with Crippen molar-refractivity contribution in [2.45, 2.75) is 39.3 Å². The van der Waals surface area contributed by atoms with Gasteiger partial charge in [-0.2, -0.15) is 0 Å². The molecule has 6 nitrogen and oxygen atoms in total. The molecular formula is C17H25N3O3. The van der Waals surface area contributed by atoms with Gasteiger partial charge in [0.15, 0.2) is 0 Å². The molecule has 0 aliphatic rings. The molecule has 0 fully saturated rings. The van der Waals surface area contributed by atoms with E-state index in [4.69, 9.17) is 9.63 Å². The normalized spacial score (nSPS) is 10.3. The maximum absolute atomic E-state index is 9.57. The van der Waals surface area contributed by atoms with Crippen LogP contribution in [0.4, 0.5) is 0 Å². The van der Waals surface area contributed by atoms with Crippen LogP contribution >= 0.6 is 0 Å². The Bertz CT molecular complexity index is 606. The lowest BCUT2D eigenvalue weighted by Gasteiger charge is -2.07. The summed E-state index contributed by atoms with van der Waals surface area (Å²) in [5.41, 5.74) is 0.765. The number of imidazole rings is 1. The molecule has 0 aliphatic heterocycles.